The van der Waals surface area contributed by atoms with Crippen molar-refractivity contribution in [3.63, 3.8) is 0 Å². The van der Waals surface area contributed by atoms with E-state index in [0.29, 0.717) is 6.61 Å². The van der Waals surface area contributed by atoms with Crippen LogP contribution in [-0.4, -0.2) is 18.7 Å². The Morgan fingerprint density at radius 3 is 2.88 bits per heavy atom. The van der Waals surface area contributed by atoms with Gasteiger partial charge in [-0.05, 0) is 48.1 Å². The fourth-order valence-corrected chi connectivity index (χ4v) is 5.00. The van der Waals surface area contributed by atoms with E-state index in [0.717, 1.165) is 22.9 Å². The van der Waals surface area contributed by atoms with Crippen molar-refractivity contribution in [3.8, 4) is 11.5 Å². The zero-order valence-corrected chi connectivity index (χ0v) is 15.8. The standard InChI is InChI=1S/C19H20N2O2S2/c1-3-23-16-11-12(4-5-15(16)22-2)17-18-13(6-8-24-18)10-14(21-17)19-20-7-9-25-19/h4-9,11,14,17,21H,3,10H2,1-2H3/t14-,17-/m0/s1. The third kappa shape index (κ3) is 3.17. The van der Waals surface area contributed by atoms with Crippen LogP contribution in [0.1, 0.15) is 40.0 Å². The van der Waals surface area contributed by atoms with Crippen molar-refractivity contribution in [3.05, 3.63) is 62.2 Å². The van der Waals surface area contributed by atoms with Crippen molar-refractivity contribution in [2.24, 2.45) is 0 Å². The number of nitrogens with zero attached hydrogens (tertiary/aromatic N) is 1. The lowest BCUT2D eigenvalue weighted by Crippen LogP contribution is -2.33. The summed E-state index contributed by atoms with van der Waals surface area (Å²) in [5.74, 6) is 1.56. The molecule has 25 heavy (non-hydrogen) atoms. The van der Waals surface area contributed by atoms with Crippen molar-refractivity contribution in [1.29, 1.82) is 0 Å². The van der Waals surface area contributed by atoms with E-state index in [1.807, 2.05) is 24.6 Å². The minimum Gasteiger partial charge on any atom is -0.493 e. The average Bonchev–Trinajstić information content (AvgIpc) is 3.32. The van der Waals surface area contributed by atoms with Gasteiger partial charge in [0.25, 0.3) is 0 Å². The topological polar surface area (TPSA) is 43.4 Å². The van der Waals surface area contributed by atoms with Crippen LogP contribution in [0.15, 0.2) is 41.2 Å². The highest BCUT2D eigenvalue weighted by molar-refractivity contribution is 7.10. The molecule has 4 nitrogen and oxygen atoms in total. The van der Waals surface area contributed by atoms with Gasteiger partial charge in [0.05, 0.1) is 25.8 Å². The Labute approximate surface area is 155 Å². The molecule has 0 fully saturated rings. The van der Waals surface area contributed by atoms with Gasteiger partial charge in [0.2, 0.25) is 0 Å². The van der Waals surface area contributed by atoms with Gasteiger partial charge in [0.15, 0.2) is 11.5 Å². The summed E-state index contributed by atoms with van der Waals surface area (Å²) < 4.78 is 11.2. The number of thiophene rings is 1. The summed E-state index contributed by atoms with van der Waals surface area (Å²) in [5.41, 5.74) is 2.59. The first-order valence-corrected chi connectivity index (χ1v) is 10.1. The van der Waals surface area contributed by atoms with E-state index in [9.17, 15) is 0 Å². The fourth-order valence-electron chi connectivity index (χ4n) is 3.28. The first-order valence-electron chi connectivity index (χ1n) is 8.32. The van der Waals surface area contributed by atoms with E-state index in [2.05, 4.69) is 33.9 Å². The van der Waals surface area contributed by atoms with Crippen molar-refractivity contribution in [2.45, 2.75) is 25.4 Å². The Balaban J connectivity index is 1.72. The molecule has 4 rings (SSSR count). The van der Waals surface area contributed by atoms with E-state index in [1.165, 1.54) is 16.0 Å². The predicted octanol–water partition coefficient (Wildman–Crippen LogP) is 4.59. The van der Waals surface area contributed by atoms with E-state index in [-0.39, 0.29) is 12.1 Å². The minimum atomic E-state index is 0.141. The molecule has 1 aromatic carbocycles. The van der Waals surface area contributed by atoms with Crippen LogP contribution in [0.25, 0.3) is 0 Å². The zero-order chi connectivity index (χ0) is 17.2. The van der Waals surface area contributed by atoms with E-state index in [4.69, 9.17) is 9.47 Å². The summed E-state index contributed by atoms with van der Waals surface area (Å²) in [6.45, 7) is 2.60. The number of ether oxygens (including phenoxy) is 2. The van der Waals surface area contributed by atoms with Crippen LogP contribution in [0.4, 0.5) is 0 Å². The number of thiazole rings is 1. The molecule has 0 spiro atoms. The Kier molecular flexibility index (Phi) is 4.74. The van der Waals surface area contributed by atoms with Crippen molar-refractivity contribution in [1.82, 2.24) is 10.3 Å². The molecule has 1 N–H and O–H groups in total. The molecule has 1 aliphatic rings. The lowest BCUT2D eigenvalue weighted by atomic mass is 9.93. The van der Waals surface area contributed by atoms with Crippen LogP contribution in [0, 0.1) is 0 Å². The van der Waals surface area contributed by atoms with Gasteiger partial charge in [0, 0.05) is 16.5 Å². The third-order valence-corrected chi connectivity index (χ3v) is 6.32. The van der Waals surface area contributed by atoms with Gasteiger partial charge in [-0.25, -0.2) is 4.98 Å². The highest BCUT2D eigenvalue weighted by Gasteiger charge is 2.31. The molecule has 0 radical (unpaired) electrons. The van der Waals surface area contributed by atoms with E-state index < -0.39 is 0 Å². The maximum absolute atomic E-state index is 5.77. The fraction of sp³-hybridized carbons (Fsp3) is 0.316. The normalized spacial score (nSPS) is 19.4. The number of nitrogens with one attached hydrogen (secondary N) is 1. The summed E-state index contributed by atoms with van der Waals surface area (Å²) in [5, 5.41) is 9.14. The van der Waals surface area contributed by atoms with Crippen LogP contribution in [0.3, 0.4) is 0 Å². The molecule has 0 amide bonds. The Morgan fingerprint density at radius 1 is 1.20 bits per heavy atom. The molecule has 0 bridgehead atoms. The number of aromatic nitrogens is 1. The first kappa shape index (κ1) is 16.6. The molecule has 0 saturated carbocycles. The second kappa shape index (κ2) is 7.15. The zero-order valence-electron chi connectivity index (χ0n) is 14.2. The highest BCUT2D eigenvalue weighted by atomic mass is 32.1. The molecule has 0 unspecified atom stereocenters. The second-order valence-corrected chi connectivity index (χ2v) is 7.75. The summed E-state index contributed by atoms with van der Waals surface area (Å²) in [6, 6.07) is 8.82. The quantitative estimate of drug-likeness (QED) is 0.711. The Morgan fingerprint density at radius 2 is 2.12 bits per heavy atom. The maximum atomic E-state index is 5.77. The van der Waals surface area contributed by atoms with Crippen LogP contribution in [0.5, 0.6) is 11.5 Å². The molecule has 3 aromatic rings. The summed E-state index contributed by atoms with van der Waals surface area (Å²) in [4.78, 5) is 5.89. The molecule has 2 aromatic heterocycles. The lowest BCUT2D eigenvalue weighted by Gasteiger charge is -2.31. The monoisotopic (exact) mass is 372 g/mol. The van der Waals surface area contributed by atoms with Crippen molar-refractivity contribution >= 4 is 22.7 Å². The van der Waals surface area contributed by atoms with Gasteiger partial charge in [-0.3, -0.25) is 5.32 Å². The third-order valence-electron chi connectivity index (χ3n) is 4.41. The number of benzene rings is 1. The molecular formula is C19H20N2O2S2. The van der Waals surface area contributed by atoms with Gasteiger partial charge in [-0.1, -0.05) is 6.07 Å². The predicted molar refractivity (Wildman–Crippen MR) is 102 cm³/mol. The number of fused-ring (bicyclic) bond motifs is 1. The second-order valence-electron chi connectivity index (χ2n) is 5.88. The minimum absolute atomic E-state index is 0.141. The number of hydrogen-bond donors (Lipinski definition) is 1. The Bertz CT molecular complexity index is 845. The summed E-state index contributed by atoms with van der Waals surface area (Å²) in [7, 11) is 1.67. The molecule has 0 saturated heterocycles. The molecular weight excluding hydrogens is 352 g/mol. The van der Waals surface area contributed by atoms with Gasteiger partial charge < -0.3 is 9.47 Å². The van der Waals surface area contributed by atoms with Gasteiger partial charge in [-0.2, -0.15) is 0 Å². The maximum Gasteiger partial charge on any atom is 0.161 e. The van der Waals surface area contributed by atoms with E-state index in [1.54, 1.807) is 29.8 Å². The highest BCUT2D eigenvalue weighted by Crippen LogP contribution is 2.41. The van der Waals surface area contributed by atoms with E-state index >= 15 is 0 Å². The van der Waals surface area contributed by atoms with Crippen molar-refractivity contribution in [2.75, 3.05) is 13.7 Å². The summed E-state index contributed by atoms with van der Waals surface area (Å²) >= 11 is 3.51. The van der Waals surface area contributed by atoms with Crippen LogP contribution >= 0.6 is 22.7 Å². The van der Waals surface area contributed by atoms with Gasteiger partial charge >= 0.3 is 0 Å². The summed E-state index contributed by atoms with van der Waals surface area (Å²) in [6.07, 6.45) is 2.86. The smallest absolute Gasteiger partial charge is 0.161 e. The number of hydrogen-bond acceptors (Lipinski definition) is 6. The first-order chi connectivity index (χ1) is 12.3. The van der Waals surface area contributed by atoms with Crippen LogP contribution in [0.2, 0.25) is 0 Å². The molecule has 1 aliphatic heterocycles. The van der Waals surface area contributed by atoms with Crippen molar-refractivity contribution < 1.29 is 9.47 Å². The number of methoxy groups -OCH3 is 1. The van der Waals surface area contributed by atoms with Gasteiger partial charge in [0.1, 0.15) is 5.01 Å². The average molecular weight is 373 g/mol. The molecule has 3 heterocycles. The Hall–Kier alpha value is -1.89. The van der Waals surface area contributed by atoms with Crippen LogP contribution in [-0.2, 0) is 6.42 Å². The lowest BCUT2D eigenvalue weighted by molar-refractivity contribution is 0.310. The molecule has 130 valence electrons. The number of rotatable bonds is 5. The van der Waals surface area contributed by atoms with Gasteiger partial charge in [-0.15, -0.1) is 22.7 Å². The SMILES string of the molecule is CCOc1cc([C@@H]2N[C@H](c3nccs3)Cc3ccsc32)ccc1OC. The molecule has 2 atom stereocenters. The molecule has 0 aliphatic carbocycles. The van der Waals surface area contributed by atoms with Crippen LogP contribution < -0.4 is 14.8 Å². The molecule has 6 heteroatoms. The largest absolute Gasteiger partial charge is 0.493 e.